The first-order valence-corrected chi connectivity index (χ1v) is 7.14. The Kier molecular flexibility index (Phi) is 6.84. The molecule has 5 heteroatoms. The molecule has 1 fully saturated rings. The largest absolute Gasteiger partial charge is 0.481 e. The van der Waals surface area contributed by atoms with Crippen molar-refractivity contribution in [3.63, 3.8) is 0 Å². The van der Waals surface area contributed by atoms with E-state index in [1.54, 1.807) is 0 Å². The van der Waals surface area contributed by atoms with Crippen molar-refractivity contribution in [1.29, 1.82) is 0 Å². The topological polar surface area (TPSA) is 75.6 Å². The van der Waals surface area contributed by atoms with E-state index in [4.69, 9.17) is 9.84 Å². The average Bonchev–Trinajstić information content (AvgIpc) is 2.37. The summed E-state index contributed by atoms with van der Waals surface area (Å²) in [5.74, 6) is -0.929. The van der Waals surface area contributed by atoms with E-state index in [1.165, 1.54) is 0 Å². The fourth-order valence-corrected chi connectivity index (χ4v) is 2.68. The van der Waals surface area contributed by atoms with Gasteiger partial charge in [-0.3, -0.25) is 9.59 Å². The molecule has 0 aromatic carbocycles. The lowest BCUT2D eigenvalue weighted by atomic mass is 9.71. The number of carbonyl (C=O) groups is 2. The monoisotopic (exact) mass is 271 g/mol. The third-order valence-corrected chi connectivity index (χ3v) is 3.68. The number of carboxylic acids is 1. The molecule has 1 aliphatic rings. The molecule has 1 amide bonds. The second kappa shape index (κ2) is 8.15. The lowest BCUT2D eigenvalue weighted by Crippen LogP contribution is -2.41. The molecule has 5 nitrogen and oxygen atoms in total. The predicted molar refractivity (Wildman–Crippen MR) is 71.9 cm³/mol. The molecule has 0 aliphatic heterocycles. The second-order valence-electron chi connectivity index (χ2n) is 5.46. The molecule has 0 aromatic rings. The summed E-state index contributed by atoms with van der Waals surface area (Å²) in [6.45, 7) is 3.08. The smallest absolute Gasteiger partial charge is 0.303 e. The third kappa shape index (κ3) is 6.05. The van der Waals surface area contributed by atoms with Gasteiger partial charge in [0.25, 0.3) is 0 Å². The lowest BCUT2D eigenvalue weighted by molar-refractivity contribution is -0.141. The number of carboxylic acid groups (broad SMARTS) is 1. The SMILES string of the molecule is CCCOCC(=O)NCC1(CC(=O)O)CCCCC1. The molecular formula is C14H25NO4. The molecule has 0 spiro atoms. The minimum Gasteiger partial charge on any atom is -0.481 e. The Bertz CT molecular complexity index is 298. The Morgan fingerprint density at radius 2 is 1.95 bits per heavy atom. The van der Waals surface area contributed by atoms with Gasteiger partial charge in [-0.2, -0.15) is 0 Å². The van der Waals surface area contributed by atoms with Gasteiger partial charge in [-0.15, -0.1) is 0 Å². The molecule has 0 bridgehead atoms. The predicted octanol–water partition coefficient (Wildman–Crippen LogP) is 1.95. The van der Waals surface area contributed by atoms with Gasteiger partial charge >= 0.3 is 5.97 Å². The third-order valence-electron chi connectivity index (χ3n) is 3.68. The summed E-state index contributed by atoms with van der Waals surface area (Å²) in [6, 6.07) is 0. The second-order valence-corrected chi connectivity index (χ2v) is 5.46. The van der Waals surface area contributed by atoms with Crippen LogP contribution in [-0.4, -0.2) is 36.7 Å². The number of hydrogen-bond donors (Lipinski definition) is 2. The van der Waals surface area contributed by atoms with Gasteiger partial charge in [0, 0.05) is 13.2 Å². The summed E-state index contributed by atoms with van der Waals surface area (Å²) in [6.07, 6.45) is 6.06. The standard InChI is InChI=1S/C14H25NO4/c1-2-8-19-10-12(16)15-11-14(9-13(17)18)6-4-3-5-7-14/h2-11H2,1H3,(H,15,16)(H,17,18). The highest BCUT2D eigenvalue weighted by Crippen LogP contribution is 2.38. The Labute approximate surface area is 114 Å². The van der Waals surface area contributed by atoms with Gasteiger partial charge in [0.15, 0.2) is 0 Å². The first-order valence-electron chi connectivity index (χ1n) is 7.14. The fraction of sp³-hybridized carbons (Fsp3) is 0.857. The van der Waals surface area contributed by atoms with E-state index in [-0.39, 0.29) is 24.3 Å². The van der Waals surface area contributed by atoms with E-state index >= 15 is 0 Å². The first-order chi connectivity index (χ1) is 9.08. The zero-order valence-electron chi connectivity index (χ0n) is 11.7. The van der Waals surface area contributed by atoms with Gasteiger partial charge in [-0.25, -0.2) is 0 Å². The van der Waals surface area contributed by atoms with Crippen molar-refractivity contribution in [1.82, 2.24) is 5.32 Å². The van der Waals surface area contributed by atoms with Crippen molar-refractivity contribution >= 4 is 11.9 Å². The maximum absolute atomic E-state index is 11.6. The summed E-state index contributed by atoms with van der Waals surface area (Å²) >= 11 is 0. The van der Waals surface area contributed by atoms with E-state index < -0.39 is 5.97 Å². The highest BCUT2D eigenvalue weighted by Gasteiger charge is 2.34. The summed E-state index contributed by atoms with van der Waals surface area (Å²) in [5, 5.41) is 11.9. The van der Waals surface area contributed by atoms with Crippen molar-refractivity contribution in [3.8, 4) is 0 Å². The van der Waals surface area contributed by atoms with E-state index in [2.05, 4.69) is 5.32 Å². The quantitative estimate of drug-likeness (QED) is 0.662. The maximum atomic E-state index is 11.6. The van der Waals surface area contributed by atoms with E-state index in [0.29, 0.717) is 13.2 Å². The van der Waals surface area contributed by atoms with Crippen LogP contribution in [0.4, 0.5) is 0 Å². The molecule has 1 rings (SSSR count). The molecule has 2 N–H and O–H groups in total. The minimum absolute atomic E-state index is 0.0665. The Morgan fingerprint density at radius 3 is 2.53 bits per heavy atom. The van der Waals surface area contributed by atoms with E-state index in [1.807, 2.05) is 6.92 Å². The number of rotatable bonds is 8. The molecule has 0 radical (unpaired) electrons. The van der Waals surface area contributed by atoms with Crippen LogP contribution < -0.4 is 5.32 Å². The number of carbonyl (C=O) groups excluding carboxylic acids is 1. The number of nitrogens with one attached hydrogen (secondary N) is 1. The van der Waals surface area contributed by atoms with Crippen molar-refractivity contribution in [2.24, 2.45) is 5.41 Å². The van der Waals surface area contributed by atoms with Crippen molar-refractivity contribution in [2.45, 2.75) is 51.9 Å². The fourth-order valence-electron chi connectivity index (χ4n) is 2.68. The van der Waals surface area contributed by atoms with Crippen molar-refractivity contribution in [3.05, 3.63) is 0 Å². The van der Waals surface area contributed by atoms with Crippen LogP contribution in [0.25, 0.3) is 0 Å². The Hall–Kier alpha value is -1.10. The molecule has 0 unspecified atom stereocenters. The van der Waals surface area contributed by atoms with Gasteiger partial charge in [0.05, 0.1) is 6.42 Å². The highest BCUT2D eigenvalue weighted by molar-refractivity contribution is 5.77. The van der Waals surface area contributed by atoms with E-state index in [9.17, 15) is 9.59 Å². The van der Waals surface area contributed by atoms with Gasteiger partial charge in [-0.05, 0) is 24.7 Å². The van der Waals surface area contributed by atoms with Gasteiger partial charge in [0.2, 0.25) is 5.91 Å². The molecule has 1 aliphatic carbocycles. The first kappa shape index (κ1) is 16.0. The number of ether oxygens (including phenoxy) is 1. The van der Waals surface area contributed by atoms with Gasteiger partial charge in [-0.1, -0.05) is 26.2 Å². The Morgan fingerprint density at radius 1 is 1.26 bits per heavy atom. The van der Waals surface area contributed by atoms with Crippen molar-refractivity contribution < 1.29 is 19.4 Å². The average molecular weight is 271 g/mol. The normalized spacial score (nSPS) is 17.9. The maximum Gasteiger partial charge on any atom is 0.303 e. The lowest BCUT2D eigenvalue weighted by Gasteiger charge is -2.36. The zero-order chi connectivity index (χ0) is 14.1. The van der Waals surface area contributed by atoms with Crippen molar-refractivity contribution in [2.75, 3.05) is 19.8 Å². The summed E-state index contributed by atoms with van der Waals surface area (Å²) < 4.78 is 5.17. The number of hydrogen-bond acceptors (Lipinski definition) is 3. The van der Waals surface area contributed by atoms with Gasteiger partial charge < -0.3 is 15.2 Å². The number of aliphatic carboxylic acids is 1. The molecular weight excluding hydrogens is 246 g/mol. The minimum atomic E-state index is -0.779. The number of amides is 1. The van der Waals surface area contributed by atoms with Crippen LogP contribution in [0.15, 0.2) is 0 Å². The highest BCUT2D eigenvalue weighted by atomic mass is 16.5. The molecule has 110 valence electrons. The van der Waals surface area contributed by atoms with Crippen LogP contribution in [0, 0.1) is 5.41 Å². The summed E-state index contributed by atoms with van der Waals surface area (Å²) in [7, 11) is 0. The molecule has 0 saturated heterocycles. The van der Waals surface area contributed by atoms with Crippen LogP contribution >= 0.6 is 0 Å². The molecule has 0 heterocycles. The van der Waals surface area contributed by atoms with Crippen LogP contribution in [0.1, 0.15) is 51.9 Å². The van der Waals surface area contributed by atoms with Crippen LogP contribution in [0.2, 0.25) is 0 Å². The summed E-state index contributed by atoms with van der Waals surface area (Å²) in [4.78, 5) is 22.6. The summed E-state index contributed by atoms with van der Waals surface area (Å²) in [5.41, 5.74) is -0.259. The molecule has 19 heavy (non-hydrogen) atoms. The van der Waals surface area contributed by atoms with Crippen LogP contribution in [0.5, 0.6) is 0 Å². The Balaban J connectivity index is 2.40. The zero-order valence-corrected chi connectivity index (χ0v) is 11.7. The molecule has 1 saturated carbocycles. The van der Waals surface area contributed by atoms with Gasteiger partial charge in [0.1, 0.15) is 6.61 Å². The molecule has 0 aromatic heterocycles. The van der Waals surface area contributed by atoms with Crippen LogP contribution in [0.3, 0.4) is 0 Å². The van der Waals surface area contributed by atoms with Crippen LogP contribution in [-0.2, 0) is 14.3 Å². The molecule has 0 atom stereocenters. The van der Waals surface area contributed by atoms with E-state index in [0.717, 1.165) is 38.5 Å².